The van der Waals surface area contributed by atoms with Crippen LogP contribution in [0.25, 0.3) is 0 Å². The highest BCUT2D eigenvalue weighted by Crippen LogP contribution is 2.23. The summed E-state index contributed by atoms with van der Waals surface area (Å²) in [5.74, 6) is 0.0506. The molecule has 6 heteroatoms. The number of ether oxygens (including phenoxy) is 1. The highest BCUT2D eigenvalue weighted by Gasteiger charge is 2.22. The summed E-state index contributed by atoms with van der Waals surface area (Å²) >= 11 is 5.12. The molecule has 3 rings (SSSR count). The van der Waals surface area contributed by atoms with Crippen LogP contribution >= 0.6 is 27.3 Å². The number of carbonyl (C=O) groups is 1. The predicted octanol–water partition coefficient (Wildman–Crippen LogP) is 4.39. The molecule has 1 saturated heterocycles. The van der Waals surface area contributed by atoms with Crippen molar-refractivity contribution in [2.75, 3.05) is 20.1 Å². The second kappa shape index (κ2) is 8.65. The van der Waals surface area contributed by atoms with Crippen LogP contribution in [0.4, 0.5) is 0 Å². The number of hydrogen-bond acceptors (Lipinski definition) is 4. The minimum absolute atomic E-state index is 0.0506. The summed E-state index contributed by atoms with van der Waals surface area (Å²) in [5, 5.41) is 0. The van der Waals surface area contributed by atoms with Crippen molar-refractivity contribution in [2.45, 2.75) is 39.1 Å². The van der Waals surface area contributed by atoms with Crippen LogP contribution in [-0.2, 0) is 17.8 Å². The van der Waals surface area contributed by atoms with E-state index in [-0.39, 0.29) is 18.1 Å². The predicted molar refractivity (Wildman–Crippen MR) is 110 cm³/mol. The Morgan fingerprint density at radius 1 is 1.19 bits per heavy atom. The summed E-state index contributed by atoms with van der Waals surface area (Å²) in [6.45, 7) is 7.65. The van der Waals surface area contributed by atoms with Crippen molar-refractivity contribution in [3.8, 4) is 0 Å². The minimum Gasteiger partial charge on any atom is -0.373 e. The minimum atomic E-state index is 0.0506. The number of nitrogens with zero attached hydrogens (tertiary/aromatic N) is 2. The molecular weight excluding hydrogens is 412 g/mol. The molecule has 0 bridgehead atoms. The van der Waals surface area contributed by atoms with Gasteiger partial charge in [0.05, 0.1) is 22.5 Å². The van der Waals surface area contributed by atoms with Crippen molar-refractivity contribution in [1.29, 1.82) is 0 Å². The van der Waals surface area contributed by atoms with E-state index < -0.39 is 0 Å². The fraction of sp³-hybridized carbons (Fsp3) is 0.450. The van der Waals surface area contributed by atoms with Crippen LogP contribution in [-0.4, -0.2) is 48.1 Å². The quantitative estimate of drug-likeness (QED) is 0.696. The van der Waals surface area contributed by atoms with E-state index in [2.05, 4.69) is 46.8 Å². The Morgan fingerprint density at radius 2 is 1.85 bits per heavy atom. The van der Waals surface area contributed by atoms with Crippen LogP contribution < -0.4 is 0 Å². The second-order valence-corrected chi connectivity index (χ2v) is 9.56. The molecule has 1 aromatic carbocycles. The molecule has 1 aliphatic heterocycles. The van der Waals surface area contributed by atoms with E-state index in [4.69, 9.17) is 4.74 Å². The summed E-state index contributed by atoms with van der Waals surface area (Å²) in [5.41, 5.74) is 1.96. The van der Waals surface area contributed by atoms with Crippen molar-refractivity contribution in [3.05, 3.63) is 56.2 Å². The van der Waals surface area contributed by atoms with Gasteiger partial charge in [-0.1, -0.05) is 12.1 Å². The number of thiophene rings is 1. The zero-order chi connectivity index (χ0) is 18.7. The first-order valence-corrected chi connectivity index (χ1v) is 10.5. The third kappa shape index (κ3) is 5.16. The fourth-order valence-corrected chi connectivity index (χ4v) is 4.92. The Balaban J connectivity index is 1.58. The first-order valence-electron chi connectivity index (χ1n) is 8.87. The standard InChI is InChI=1S/C20H25BrN2O2S/c1-14-10-23(11-15(2)25-14)12-16-4-6-17(7-5-16)20(24)22(3)13-18-8-9-19(21)26-18/h4-9,14-15H,10-13H2,1-3H3. The van der Waals surface area contributed by atoms with Crippen molar-refractivity contribution in [2.24, 2.45) is 0 Å². The van der Waals surface area contributed by atoms with E-state index >= 15 is 0 Å². The molecule has 2 aromatic rings. The molecule has 1 fully saturated rings. The average Bonchev–Trinajstić information content (AvgIpc) is 2.99. The first-order chi connectivity index (χ1) is 12.4. The SMILES string of the molecule is CC1CN(Cc2ccc(C(=O)N(C)Cc3ccc(Br)s3)cc2)CC(C)O1. The van der Waals surface area contributed by atoms with E-state index in [1.165, 1.54) is 10.4 Å². The third-order valence-corrected chi connectivity index (χ3v) is 6.08. The number of rotatable bonds is 5. The zero-order valence-corrected chi connectivity index (χ0v) is 17.8. The van der Waals surface area contributed by atoms with Gasteiger partial charge in [-0.15, -0.1) is 11.3 Å². The Kier molecular flexibility index (Phi) is 6.51. The number of amides is 1. The van der Waals surface area contributed by atoms with Gasteiger partial charge in [-0.05, 0) is 59.6 Å². The molecule has 4 nitrogen and oxygen atoms in total. The number of carbonyl (C=O) groups excluding carboxylic acids is 1. The summed E-state index contributed by atoms with van der Waals surface area (Å²) in [4.78, 5) is 18.0. The van der Waals surface area contributed by atoms with Gasteiger partial charge in [0.2, 0.25) is 0 Å². The number of hydrogen-bond donors (Lipinski definition) is 0. The van der Waals surface area contributed by atoms with Crippen LogP contribution in [0.1, 0.15) is 34.6 Å². The summed E-state index contributed by atoms with van der Waals surface area (Å²) in [6.07, 6.45) is 0.538. The molecule has 0 aliphatic carbocycles. The lowest BCUT2D eigenvalue weighted by Gasteiger charge is -2.35. The lowest BCUT2D eigenvalue weighted by Crippen LogP contribution is -2.44. The molecule has 2 unspecified atom stereocenters. The van der Waals surface area contributed by atoms with E-state index in [0.717, 1.165) is 29.0 Å². The van der Waals surface area contributed by atoms with E-state index in [0.29, 0.717) is 6.54 Å². The highest BCUT2D eigenvalue weighted by molar-refractivity contribution is 9.11. The van der Waals surface area contributed by atoms with Gasteiger partial charge in [0.1, 0.15) is 0 Å². The summed E-state index contributed by atoms with van der Waals surface area (Å²) in [7, 11) is 1.85. The lowest BCUT2D eigenvalue weighted by molar-refractivity contribution is -0.0704. The molecule has 1 amide bonds. The topological polar surface area (TPSA) is 32.8 Å². The smallest absolute Gasteiger partial charge is 0.253 e. The molecule has 1 aromatic heterocycles. The van der Waals surface area contributed by atoms with Gasteiger partial charge >= 0.3 is 0 Å². The van der Waals surface area contributed by atoms with Crippen molar-refractivity contribution in [1.82, 2.24) is 9.80 Å². The van der Waals surface area contributed by atoms with Crippen LogP contribution in [0.3, 0.4) is 0 Å². The molecule has 0 N–H and O–H groups in total. The summed E-state index contributed by atoms with van der Waals surface area (Å²) < 4.78 is 6.87. The van der Waals surface area contributed by atoms with Gasteiger partial charge in [0, 0.05) is 37.1 Å². The Labute approximate surface area is 167 Å². The van der Waals surface area contributed by atoms with E-state index in [9.17, 15) is 4.79 Å². The molecule has 1 aliphatic rings. The van der Waals surface area contributed by atoms with Gasteiger partial charge in [-0.25, -0.2) is 0 Å². The van der Waals surface area contributed by atoms with Crippen LogP contribution in [0, 0.1) is 0 Å². The van der Waals surface area contributed by atoms with Gasteiger partial charge in [0.25, 0.3) is 5.91 Å². The van der Waals surface area contributed by atoms with Gasteiger partial charge in [-0.2, -0.15) is 0 Å². The van der Waals surface area contributed by atoms with E-state index in [1.807, 2.05) is 31.3 Å². The molecule has 0 spiro atoms. The van der Waals surface area contributed by atoms with Crippen molar-refractivity contribution >= 4 is 33.2 Å². The maximum Gasteiger partial charge on any atom is 0.253 e. The fourth-order valence-electron chi connectivity index (χ4n) is 3.39. The van der Waals surface area contributed by atoms with Gasteiger partial charge in [-0.3, -0.25) is 9.69 Å². The van der Waals surface area contributed by atoms with Gasteiger partial charge < -0.3 is 9.64 Å². The Bertz CT molecular complexity index is 737. The average molecular weight is 437 g/mol. The van der Waals surface area contributed by atoms with Gasteiger partial charge in [0.15, 0.2) is 0 Å². The number of benzene rings is 1. The number of halogens is 1. The summed E-state index contributed by atoms with van der Waals surface area (Å²) in [6, 6.07) is 12.1. The van der Waals surface area contributed by atoms with Crippen molar-refractivity contribution in [3.63, 3.8) is 0 Å². The maximum absolute atomic E-state index is 12.6. The Morgan fingerprint density at radius 3 is 2.42 bits per heavy atom. The molecule has 26 heavy (non-hydrogen) atoms. The molecule has 0 saturated carbocycles. The molecular formula is C20H25BrN2O2S. The molecule has 2 heterocycles. The third-order valence-electron chi connectivity index (χ3n) is 4.47. The lowest BCUT2D eigenvalue weighted by atomic mass is 10.1. The maximum atomic E-state index is 12.6. The molecule has 2 atom stereocenters. The van der Waals surface area contributed by atoms with E-state index in [1.54, 1.807) is 16.2 Å². The largest absolute Gasteiger partial charge is 0.373 e. The monoisotopic (exact) mass is 436 g/mol. The molecule has 140 valence electrons. The second-order valence-electron chi connectivity index (χ2n) is 7.02. The normalized spacial score (nSPS) is 20.9. The van der Waals surface area contributed by atoms with Crippen LogP contribution in [0.15, 0.2) is 40.2 Å². The first kappa shape index (κ1) is 19.5. The zero-order valence-electron chi connectivity index (χ0n) is 15.4. The highest BCUT2D eigenvalue weighted by atomic mass is 79.9. The van der Waals surface area contributed by atoms with Crippen LogP contribution in [0.2, 0.25) is 0 Å². The van der Waals surface area contributed by atoms with Crippen LogP contribution in [0.5, 0.6) is 0 Å². The molecule has 0 radical (unpaired) electrons. The Hall–Kier alpha value is -1.21. The van der Waals surface area contributed by atoms with Crippen molar-refractivity contribution < 1.29 is 9.53 Å². The number of morpholine rings is 1.